The molecule has 6 heteroatoms. The zero-order chi connectivity index (χ0) is 53.8. The number of nitrogens with one attached hydrogen (secondary N) is 1. The molecule has 4 saturated carbocycles. The van der Waals surface area contributed by atoms with E-state index in [4.69, 9.17) is 5.73 Å². The van der Waals surface area contributed by atoms with Crippen LogP contribution >= 0.6 is 0 Å². The molecule has 2 bridgehead atoms. The summed E-state index contributed by atoms with van der Waals surface area (Å²) >= 11 is 0. The molecule has 12 atom stereocenters. The lowest BCUT2D eigenvalue weighted by atomic mass is 9.30. The number of carboxylic acid groups (broad SMARTS) is 1. The fourth-order valence-corrected chi connectivity index (χ4v) is 20.8. The third-order valence-electron chi connectivity index (χ3n) is 24.2. The van der Waals surface area contributed by atoms with Gasteiger partial charge in [-0.1, -0.05) is 173 Å². The van der Waals surface area contributed by atoms with Crippen LogP contribution in [0.25, 0.3) is 17.2 Å². The van der Waals surface area contributed by atoms with Gasteiger partial charge in [0.2, 0.25) is 0 Å². The summed E-state index contributed by atoms with van der Waals surface area (Å²) < 4.78 is 0. The number of nitrogens with two attached hydrogens (primary N) is 1. The lowest BCUT2D eigenvalue weighted by molar-refractivity contribution is -0.164. The van der Waals surface area contributed by atoms with Gasteiger partial charge in [-0.25, -0.2) is 0 Å². The SMILES string of the molecule is C=C(CC[C@@H](C(=O)O)[C@H]1[C@H](O)C[C@@]2(C3CCC(Cc4ccccc4)CC3)C3=C(CC[C@]12C)[C@]12CC[C@H](O)[C@@]4(C)CC=C[C@@](C=C5C(Cc6cccc(C7=CC=C(N)NC7)c6)=c6ccccc6=C[C@@H]51)(C3)[C@@H]42)[C@@H](C)C1CCCCC1. The molecule has 3 aromatic rings. The number of carbonyl (C=O) groups is 1. The van der Waals surface area contributed by atoms with Crippen molar-refractivity contribution in [2.75, 3.05) is 6.54 Å². The molecule has 0 spiro atoms. The van der Waals surface area contributed by atoms with Crippen LogP contribution in [0.2, 0.25) is 0 Å². The highest BCUT2D eigenvalue weighted by Gasteiger charge is 2.76. The van der Waals surface area contributed by atoms with Crippen molar-refractivity contribution in [2.24, 2.45) is 80.2 Å². The van der Waals surface area contributed by atoms with Gasteiger partial charge in [-0.3, -0.25) is 4.79 Å². The van der Waals surface area contributed by atoms with E-state index in [0.717, 1.165) is 77.0 Å². The second-order valence-corrected chi connectivity index (χ2v) is 27.7. The van der Waals surface area contributed by atoms with Crippen molar-refractivity contribution < 1.29 is 20.1 Å². The number of fused-ring (bicyclic) bond motifs is 4. The summed E-state index contributed by atoms with van der Waals surface area (Å²) in [7, 11) is 0. The van der Waals surface area contributed by atoms with E-state index in [2.05, 4.69) is 142 Å². The number of aliphatic hydroxyl groups is 2. The second-order valence-electron chi connectivity index (χ2n) is 27.7. The summed E-state index contributed by atoms with van der Waals surface area (Å²) in [5, 5.41) is 43.5. The van der Waals surface area contributed by atoms with Crippen molar-refractivity contribution in [1.29, 1.82) is 0 Å². The number of carboxylic acids is 1. The number of rotatable bonds is 13. The van der Waals surface area contributed by atoms with E-state index in [1.807, 2.05) is 6.08 Å². The Morgan fingerprint density at radius 3 is 2.41 bits per heavy atom. The maximum atomic E-state index is 14.2. The third kappa shape index (κ3) is 8.07. The van der Waals surface area contributed by atoms with Gasteiger partial charge in [0.1, 0.15) is 0 Å². The van der Waals surface area contributed by atoms with E-state index in [0.29, 0.717) is 55.3 Å². The fraction of sp³-hybridized carbons (Fsp3) is 0.542. The monoisotopic (exact) mass is 1040 g/mol. The minimum absolute atomic E-state index is 0.111. The Morgan fingerprint density at radius 2 is 1.64 bits per heavy atom. The summed E-state index contributed by atoms with van der Waals surface area (Å²) in [6.45, 7) is 12.7. The van der Waals surface area contributed by atoms with Crippen molar-refractivity contribution >= 4 is 23.2 Å². The molecule has 6 N–H and O–H groups in total. The first-order valence-electron chi connectivity index (χ1n) is 30.9. The van der Waals surface area contributed by atoms with Gasteiger partial charge in [-0.15, -0.1) is 0 Å². The number of hydrogen-bond acceptors (Lipinski definition) is 5. The zero-order valence-corrected chi connectivity index (χ0v) is 47.1. The van der Waals surface area contributed by atoms with E-state index in [1.54, 1.807) is 11.1 Å². The fourth-order valence-electron chi connectivity index (χ4n) is 20.8. The summed E-state index contributed by atoms with van der Waals surface area (Å²) in [4.78, 5) is 14.2. The molecule has 0 saturated heterocycles. The van der Waals surface area contributed by atoms with Crippen LogP contribution in [0.15, 0.2) is 144 Å². The van der Waals surface area contributed by atoms with Crippen LogP contribution in [-0.2, 0) is 17.6 Å². The van der Waals surface area contributed by atoms with Gasteiger partial charge in [-0.2, -0.15) is 0 Å². The number of benzene rings is 3. The molecule has 0 radical (unpaired) electrons. The normalized spacial score (nSPS) is 37.4. The molecule has 0 amide bonds. The van der Waals surface area contributed by atoms with Crippen molar-refractivity contribution in [3.8, 4) is 0 Å². The van der Waals surface area contributed by atoms with Crippen LogP contribution < -0.4 is 21.5 Å². The van der Waals surface area contributed by atoms with Gasteiger partial charge >= 0.3 is 5.97 Å². The molecule has 0 unspecified atom stereocenters. The molecule has 3 aromatic carbocycles. The van der Waals surface area contributed by atoms with Gasteiger partial charge in [-0.05, 0) is 194 Å². The molecular weight excluding hydrogens is 957 g/mol. The van der Waals surface area contributed by atoms with Crippen LogP contribution in [0.1, 0.15) is 153 Å². The maximum Gasteiger partial charge on any atom is 0.306 e. The van der Waals surface area contributed by atoms with Crippen LogP contribution in [0.4, 0.5) is 0 Å². The van der Waals surface area contributed by atoms with Crippen LogP contribution in [0, 0.1) is 74.4 Å². The summed E-state index contributed by atoms with van der Waals surface area (Å²) in [5.41, 5.74) is 16.9. The molecule has 0 aromatic heterocycles. The molecule has 9 aliphatic carbocycles. The number of hydrogen-bond donors (Lipinski definition) is 5. The highest BCUT2D eigenvalue weighted by atomic mass is 16.4. The Morgan fingerprint density at radius 1 is 0.872 bits per heavy atom. The van der Waals surface area contributed by atoms with Gasteiger partial charge in [0, 0.05) is 40.0 Å². The molecule has 13 rings (SSSR count). The average molecular weight is 1050 g/mol. The zero-order valence-electron chi connectivity index (χ0n) is 47.1. The molecule has 410 valence electrons. The van der Waals surface area contributed by atoms with E-state index in [9.17, 15) is 20.1 Å². The number of dihydropyridines is 1. The molecule has 1 heterocycles. The first kappa shape index (κ1) is 52.2. The van der Waals surface area contributed by atoms with E-state index < -0.39 is 29.5 Å². The summed E-state index contributed by atoms with van der Waals surface area (Å²) in [5.74, 6) is 1.21. The largest absolute Gasteiger partial charge is 0.481 e. The van der Waals surface area contributed by atoms with Gasteiger partial charge < -0.3 is 26.4 Å². The van der Waals surface area contributed by atoms with E-state index >= 15 is 0 Å². The summed E-state index contributed by atoms with van der Waals surface area (Å²) in [6, 6.07) is 29.4. The van der Waals surface area contributed by atoms with Gasteiger partial charge in [0.25, 0.3) is 0 Å². The Balaban J connectivity index is 0.953. The average Bonchev–Trinajstić information content (AvgIpc) is 1.39. The van der Waals surface area contributed by atoms with Gasteiger partial charge in [0.05, 0.1) is 23.9 Å². The van der Waals surface area contributed by atoms with Crippen molar-refractivity contribution in [3.63, 3.8) is 0 Å². The molecule has 6 nitrogen and oxygen atoms in total. The predicted octanol–water partition coefficient (Wildman–Crippen LogP) is 13.1. The van der Waals surface area contributed by atoms with Crippen LogP contribution in [-0.4, -0.2) is 40.0 Å². The first-order chi connectivity index (χ1) is 37.7. The molecule has 4 fully saturated rings. The Kier molecular flexibility index (Phi) is 13.3. The first-order valence-corrected chi connectivity index (χ1v) is 30.9. The van der Waals surface area contributed by atoms with Crippen molar-refractivity contribution in [1.82, 2.24) is 5.32 Å². The minimum atomic E-state index is -0.740. The maximum absolute atomic E-state index is 14.2. The Hall–Kier alpha value is -5.17. The predicted molar refractivity (Wildman–Crippen MR) is 315 cm³/mol. The van der Waals surface area contributed by atoms with Crippen molar-refractivity contribution in [3.05, 3.63) is 171 Å². The Labute approximate surface area is 465 Å². The highest BCUT2D eigenvalue weighted by Crippen LogP contribution is 2.82. The van der Waals surface area contributed by atoms with Crippen LogP contribution in [0.3, 0.4) is 0 Å². The molecule has 10 aliphatic rings. The molecule has 1 aliphatic heterocycles. The van der Waals surface area contributed by atoms with E-state index in [1.165, 1.54) is 81.5 Å². The number of aliphatic carboxylic acids is 1. The third-order valence-corrected chi connectivity index (χ3v) is 24.2. The second kappa shape index (κ2) is 19.8. The number of allylic oxidation sites excluding steroid dienone is 9. The van der Waals surface area contributed by atoms with Crippen LogP contribution in [0.5, 0.6) is 0 Å². The minimum Gasteiger partial charge on any atom is -0.481 e. The van der Waals surface area contributed by atoms with Crippen molar-refractivity contribution in [2.45, 2.75) is 161 Å². The Bertz CT molecular complexity index is 3160. The van der Waals surface area contributed by atoms with E-state index in [-0.39, 0.29) is 39.4 Å². The molecular formula is C72H88N2O4. The standard InChI is InChI=1S/C72H88N2O4/c1-45(46(2)50-18-9-6-10-19-50)23-29-56(66(77)78)65-62(75)43-72(54-27-24-48(25-28-54)37-47-15-7-5-8-16-47)61-42-70-34-14-33-68(3)63(76)32-36-71(67(68)70,59(61)31-35-69(65,72)4)60-40-52-20-11-12-22-55(52)57(58(60)41-70)39-49-17-13-21-51(38-49)53-26-30-64(73)74-44-53/h5,7-8,11-17,20-22,26,30,34,38,40-41,46,48,50,54,56,60,62-63,65,67,74-76H,1,6,9-10,18-19,23-25,27-29,31-33,35-37,39,42-44,73H2,2-4H3,(H,77,78)/t46-,48?,54?,56-,60+,62-,63+,65+,67-,68-,69-,70-,71-,72-/m1/s1. The number of aliphatic hydroxyl groups excluding tert-OH is 2. The lowest BCUT2D eigenvalue weighted by Gasteiger charge is -2.73. The summed E-state index contributed by atoms with van der Waals surface area (Å²) in [6.07, 6.45) is 33.4. The quantitative estimate of drug-likeness (QED) is 0.109. The smallest absolute Gasteiger partial charge is 0.306 e. The highest BCUT2D eigenvalue weighted by molar-refractivity contribution is 5.78. The lowest BCUT2D eigenvalue weighted by Crippen LogP contribution is -2.68. The molecule has 78 heavy (non-hydrogen) atoms. The topological polar surface area (TPSA) is 116 Å². The van der Waals surface area contributed by atoms with Gasteiger partial charge in [0.15, 0.2) is 0 Å².